The number of thiazole rings is 1. The fourth-order valence-electron chi connectivity index (χ4n) is 4.22. The van der Waals surface area contributed by atoms with Crippen LogP contribution in [0.25, 0.3) is 11.3 Å². The predicted molar refractivity (Wildman–Crippen MR) is 129 cm³/mol. The van der Waals surface area contributed by atoms with Gasteiger partial charge < -0.3 is 14.8 Å². The summed E-state index contributed by atoms with van der Waals surface area (Å²) < 4.78 is 12.3. The topological polar surface area (TPSA) is 60.5 Å². The average Bonchev–Trinajstić information content (AvgIpc) is 3.20. The highest BCUT2D eigenvalue weighted by molar-refractivity contribution is 7.09. The van der Waals surface area contributed by atoms with E-state index in [4.69, 9.17) is 9.47 Å². The lowest BCUT2D eigenvalue weighted by Gasteiger charge is -2.44. The molecule has 1 N–H and O–H groups in total. The highest BCUT2D eigenvalue weighted by Crippen LogP contribution is 2.40. The minimum Gasteiger partial charge on any atom is -0.348 e. The van der Waals surface area contributed by atoms with Crippen molar-refractivity contribution in [1.29, 1.82) is 0 Å². The van der Waals surface area contributed by atoms with Crippen molar-refractivity contribution in [3.63, 3.8) is 0 Å². The summed E-state index contributed by atoms with van der Waals surface area (Å²) in [5.74, 6) is 0.227. The van der Waals surface area contributed by atoms with Crippen LogP contribution in [0.5, 0.6) is 0 Å². The minimum atomic E-state index is -0.437. The van der Waals surface area contributed by atoms with E-state index in [0.717, 1.165) is 21.8 Å². The Kier molecular flexibility index (Phi) is 6.47. The number of ether oxygens (including phenoxy) is 2. The maximum atomic E-state index is 12.8. The first-order chi connectivity index (χ1) is 15.2. The van der Waals surface area contributed by atoms with Gasteiger partial charge in [-0.05, 0) is 37.1 Å². The van der Waals surface area contributed by atoms with Gasteiger partial charge >= 0.3 is 0 Å². The van der Waals surface area contributed by atoms with Crippen LogP contribution in [0.15, 0.2) is 53.9 Å². The van der Waals surface area contributed by atoms with E-state index in [2.05, 4.69) is 38.0 Å². The summed E-state index contributed by atoms with van der Waals surface area (Å²) in [7, 11) is 0. The van der Waals surface area contributed by atoms with Gasteiger partial charge in [0, 0.05) is 33.2 Å². The van der Waals surface area contributed by atoms with Crippen LogP contribution in [-0.2, 0) is 9.47 Å². The Morgan fingerprint density at radius 3 is 2.59 bits per heavy atom. The van der Waals surface area contributed by atoms with Crippen LogP contribution in [0, 0.1) is 18.3 Å². The third-order valence-electron chi connectivity index (χ3n) is 5.73. The molecule has 0 bridgehead atoms. The molecular formula is C26H30N2O3S. The van der Waals surface area contributed by atoms with Crippen LogP contribution in [0.3, 0.4) is 0 Å². The molecule has 0 spiro atoms. The molecule has 2 unspecified atom stereocenters. The van der Waals surface area contributed by atoms with Crippen molar-refractivity contribution < 1.29 is 14.3 Å². The lowest BCUT2D eigenvalue weighted by molar-refractivity contribution is -0.274. The Bertz CT molecular complexity index is 1090. The number of nitrogens with zero attached hydrogens (tertiary/aromatic N) is 1. The number of nitrogens with one attached hydrogen (secondary N) is 1. The van der Waals surface area contributed by atoms with Crippen LogP contribution in [0.1, 0.15) is 54.9 Å². The van der Waals surface area contributed by atoms with Crippen molar-refractivity contribution in [1.82, 2.24) is 4.98 Å². The molecule has 6 heteroatoms. The fraction of sp³-hybridized carbons (Fsp3) is 0.385. The average molecular weight is 451 g/mol. The van der Waals surface area contributed by atoms with Gasteiger partial charge in [-0.2, -0.15) is 0 Å². The molecule has 1 saturated heterocycles. The van der Waals surface area contributed by atoms with Gasteiger partial charge in [-0.15, -0.1) is 11.3 Å². The third-order valence-corrected chi connectivity index (χ3v) is 6.50. The van der Waals surface area contributed by atoms with Crippen molar-refractivity contribution in [3.05, 3.63) is 70.0 Å². The number of anilines is 1. The molecule has 1 aliphatic rings. The Morgan fingerprint density at radius 2 is 1.94 bits per heavy atom. The van der Waals surface area contributed by atoms with E-state index >= 15 is 0 Å². The van der Waals surface area contributed by atoms with Gasteiger partial charge in [0.2, 0.25) is 0 Å². The standard InChI is InChI=1S/C26H30N2O3S/c1-16(2)23-26(4,5)15-30-25(31-23)20-7-6-8-21(13-20)28-24(29)19-11-9-18(10-12-19)22-14-32-17(3)27-22/h6-14,16,23,25H,15H2,1-5H3,(H,28,29). The number of aryl methyl sites for hydroxylation is 1. The summed E-state index contributed by atoms with van der Waals surface area (Å²) in [6, 6.07) is 15.2. The Hall–Kier alpha value is -2.54. The number of rotatable bonds is 5. The molecular weight excluding hydrogens is 420 g/mol. The Balaban J connectivity index is 1.45. The Labute approximate surface area is 193 Å². The summed E-state index contributed by atoms with van der Waals surface area (Å²) in [6.07, 6.45) is -0.340. The van der Waals surface area contributed by atoms with Crippen molar-refractivity contribution in [2.24, 2.45) is 11.3 Å². The van der Waals surface area contributed by atoms with Crippen molar-refractivity contribution >= 4 is 22.9 Å². The van der Waals surface area contributed by atoms with E-state index in [1.54, 1.807) is 11.3 Å². The van der Waals surface area contributed by atoms with E-state index in [-0.39, 0.29) is 17.4 Å². The molecule has 0 radical (unpaired) electrons. The molecule has 0 aliphatic carbocycles. The number of carbonyl (C=O) groups excluding carboxylic acids is 1. The number of hydrogen-bond donors (Lipinski definition) is 1. The third kappa shape index (κ3) is 4.93. The monoisotopic (exact) mass is 450 g/mol. The quantitative estimate of drug-likeness (QED) is 0.484. The first-order valence-electron chi connectivity index (χ1n) is 10.9. The van der Waals surface area contributed by atoms with Crippen molar-refractivity contribution in [3.8, 4) is 11.3 Å². The zero-order valence-electron chi connectivity index (χ0n) is 19.2. The van der Waals surface area contributed by atoms with Gasteiger partial charge in [-0.1, -0.05) is 52.0 Å². The van der Waals surface area contributed by atoms with E-state index in [9.17, 15) is 4.79 Å². The molecule has 1 aromatic heterocycles. The second kappa shape index (κ2) is 9.14. The van der Waals surface area contributed by atoms with Gasteiger partial charge in [0.1, 0.15) is 0 Å². The molecule has 2 aromatic carbocycles. The predicted octanol–water partition coefficient (Wildman–Crippen LogP) is 6.47. The number of benzene rings is 2. The zero-order chi connectivity index (χ0) is 22.9. The second-order valence-corrected chi connectivity index (χ2v) is 10.4. The van der Waals surface area contributed by atoms with E-state index in [1.165, 1.54) is 0 Å². The highest BCUT2D eigenvalue weighted by Gasteiger charge is 2.40. The number of carbonyl (C=O) groups is 1. The van der Waals surface area contributed by atoms with Crippen LogP contribution in [-0.4, -0.2) is 23.6 Å². The number of hydrogen-bond acceptors (Lipinski definition) is 5. The van der Waals surface area contributed by atoms with Gasteiger partial charge in [-0.3, -0.25) is 4.79 Å². The molecule has 2 atom stereocenters. The van der Waals surface area contributed by atoms with Crippen LogP contribution in [0.2, 0.25) is 0 Å². The van der Waals surface area contributed by atoms with Gasteiger partial charge in [0.05, 0.1) is 23.4 Å². The lowest BCUT2D eigenvalue weighted by atomic mass is 9.80. The van der Waals surface area contributed by atoms with Crippen LogP contribution >= 0.6 is 11.3 Å². The zero-order valence-corrected chi connectivity index (χ0v) is 20.0. The molecule has 1 amide bonds. The molecule has 1 fully saturated rings. The first kappa shape index (κ1) is 22.6. The summed E-state index contributed by atoms with van der Waals surface area (Å²) in [4.78, 5) is 17.3. The summed E-state index contributed by atoms with van der Waals surface area (Å²) in [5, 5.41) is 6.04. The van der Waals surface area contributed by atoms with Gasteiger partial charge in [0.15, 0.2) is 6.29 Å². The minimum absolute atomic E-state index is 0.0418. The van der Waals surface area contributed by atoms with Crippen LogP contribution < -0.4 is 5.32 Å². The molecule has 2 heterocycles. The molecule has 3 aromatic rings. The summed E-state index contributed by atoms with van der Waals surface area (Å²) >= 11 is 1.62. The maximum Gasteiger partial charge on any atom is 0.255 e. The lowest BCUT2D eigenvalue weighted by Crippen LogP contribution is -2.45. The molecule has 0 saturated carbocycles. The van der Waals surface area contributed by atoms with E-state index in [0.29, 0.717) is 23.8 Å². The fourth-order valence-corrected chi connectivity index (χ4v) is 4.84. The number of aromatic nitrogens is 1. The van der Waals surface area contributed by atoms with E-state index in [1.807, 2.05) is 60.8 Å². The summed E-state index contributed by atoms with van der Waals surface area (Å²) in [6.45, 7) is 11.3. The second-order valence-electron chi connectivity index (χ2n) is 9.34. The van der Waals surface area contributed by atoms with Crippen LogP contribution in [0.4, 0.5) is 5.69 Å². The molecule has 5 nitrogen and oxygen atoms in total. The highest BCUT2D eigenvalue weighted by atomic mass is 32.1. The van der Waals surface area contributed by atoms with Gasteiger partial charge in [-0.25, -0.2) is 4.98 Å². The molecule has 1 aliphatic heterocycles. The first-order valence-corrected chi connectivity index (χ1v) is 11.8. The normalized spacial score (nSPS) is 20.3. The molecule has 4 rings (SSSR count). The smallest absolute Gasteiger partial charge is 0.255 e. The van der Waals surface area contributed by atoms with Crippen molar-refractivity contribution in [2.75, 3.05) is 11.9 Å². The van der Waals surface area contributed by atoms with Crippen molar-refractivity contribution in [2.45, 2.75) is 47.0 Å². The SMILES string of the molecule is Cc1nc(-c2ccc(C(=O)Nc3cccc(C4OCC(C)(C)C(C(C)C)O4)c3)cc2)cs1. The molecule has 168 valence electrons. The number of amides is 1. The molecule has 32 heavy (non-hydrogen) atoms. The van der Waals surface area contributed by atoms with Gasteiger partial charge in [0.25, 0.3) is 5.91 Å². The Morgan fingerprint density at radius 1 is 1.19 bits per heavy atom. The summed E-state index contributed by atoms with van der Waals surface area (Å²) in [5.41, 5.74) is 4.10. The maximum absolute atomic E-state index is 12.8. The van der Waals surface area contributed by atoms with E-state index < -0.39 is 6.29 Å². The largest absolute Gasteiger partial charge is 0.348 e.